The van der Waals surface area contributed by atoms with Crippen LogP contribution in [0.4, 0.5) is 0 Å². The SMILES string of the molecule is COC(=O)CCn1c(=NC(=O)C2CC2)sc2cc(C(C)C)ccc21. The third kappa shape index (κ3) is 3.59. The summed E-state index contributed by atoms with van der Waals surface area (Å²) in [7, 11) is 1.38. The van der Waals surface area contributed by atoms with E-state index in [0.717, 1.165) is 23.1 Å². The van der Waals surface area contributed by atoms with Crippen LogP contribution in [-0.2, 0) is 20.9 Å². The number of thiazole rings is 1. The predicted molar refractivity (Wildman–Crippen MR) is 93.8 cm³/mol. The highest BCUT2D eigenvalue weighted by Crippen LogP contribution is 2.30. The minimum atomic E-state index is -0.264. The monoisotopic (exact) mass is 346 g/mol. The Balaban J connectivity index is 2.05. The van der Waals surface area contributed by atoms with E-state index in [2.05, 4.69) is 37.0 Å². The highest BCUT2D eigenvalue weighted by atomic mass is 32.1. The lowest BCUT2D eigenvalue weighted by molar-refractivity contribution is -0.140. The molecule has 1 aromatic heterocycles. The highest BCUT2D eigenvalue weighted by molar-refractivity contribution is 7.16. The molecule has 6 heteroatoms. The minimum absolute atomic E-state index is 0.0440. The molecular formula is C18H22N2O3S. The molecule has 0 atom stereocenters. The van der Waals surface area contributed by atoms with E-state index in [0.29, 0.717) is 17.3 Å². The first kappa shape index (κ1) is 16.9. The number of rotatable bonds is 5. The molecule has 1 heterocycles. The molecule has 0 bridgehead atoms. The second-order valence-corrected chi connectivity index (χ2v) is 7.48. The van der Waals surface area contributed by atoms with E-state index in [9.17, 15) is 9.59 Å². The zero-order valence-corrected chi connectivity index (χ0v) is 15.1. The number of nitrogens with zero attached hydrogens (tertiary/aromatic N) is 2. The van der Waals surface area contributed by atoms with Crippen molar-refractivity contribution in [2.24, 2.45) is 10.9 Å². The number of ether oxygens (including phenoxy) is 1. The third-order valence-corrected chi connectivity index (χ3v) is 5.31. The number of methoxy groups -OCH3 is 1. The highest BCUT2D eigenvalue weighted by Gasteiger charge is 2.29. The van der Waals surface area contributed by atoms with Crippen LogP contribution in [0.2, 0.25) is 0 Å². The Hall–Kier alpha value is -1.95. The molecule has 0 aliphatic heterocycles. The first-order valence-corrected chi connectivity index (χ1v) is 9.10. The van der Waals surface area contributed by atoms with Gasteiger partial charge in [0.15, 0.2) is 4.80 Å². The van der Waals surface area contributed by atoms with Crippen LogP contribution < -0.4 is 4.80 Å². The van der Waals surface area contributed by atoms with Crippen molar-refractivity contribution in [2.75, 3.05) is 7.11 Å². The molecule has 1 saturated carbocycles. The van der Waals surface area contributed by atoms with Gasteiger partial charge in [-0.2, -0.15) is 4.99 Å². The number of aromatic nitrogens is 1. The van der Waals surface area contributed by atoms with Gasteiger partial charge in [-0.15, -0.1) is 0 Å². The minimum Gasteiger partial charge on any atom is -0.469 e. The van der Waals surface area contributed by atoms with Crippen LogP contribution in [0.1, 0.15) is 44.6 Å². The Morgan fingerprint density at radius 2 is 2.12 bits per heavy atom. The van der Waals surface area contributed by atoms with Crippen LogP contribution in [-0.4, -0.2) is 23.6 Å². The Labute approximate surface area is 145 Å². The van der Waals surface area contributed by atoms with E-state index in [1.807, 2.05) is 4.57 Å². The molecule has 0 saturated heterocycles. The molecule has 128 valence electrons. The number of benzene rings is 1. The molecule has 2 aromatic rings. The van der Waals surface area contributed by atoms with Crippen LogP contribution in [0.5, 0.6) is 0 Å². The summed E-state index contributed by atoms with van der Waals surface area (Å²) in [6.07, 6.45) is 2.14. The number of hydrogen-bond donors (Lipinski definition) is 0. The van der Waals surface area contributed by atoms with E-state index in [-0.39, 0.29) is 24.2 Å². The smallest absolute Gasteiger partial charge is 0.307 e. The van der Waals surface area contributed by atoms with Crippen molar-refractivity contribution in [1.29, 1.82) is 0 Å². The van der Waals surface area contributed by atoms with Crippen molar-refractivity contribution in [3.8, 4) is 0 Å². The summed E-state index contributed by atoms with van der Waals surface area (Å²) in [6, 6.07) is 6.31. The van der Waals surface area contributed by atoms with Gasteiger partial charge in [-0.3, -0.25) is 9.59 Å². The molecule has 1 aliphatic rings. The lowest BCUT2D eigenvalue weighted by atomic mass is 10.0. The molecular weight excluding hydrogens is 324 g/mol. The average Bonchev–Trinajstić information content (AvgIpc) is 3.35. The van der Waals surface area contributed by atoms with Crippen LogP contribution >= 0.6 is 11.3 Å². The molecule has 5 nitrogen and oxygen atoms in total. The fraction of sp³-hybridized carbons (Fsp3) is 0.500. The predicted octanol–water partition coefficient (Wildman–Crippen LogP) is 3.23. The average molecular weight is 346 g/mol. The summed E-state index contributed by atoms with van der Waals surface area (Å²) < 4.78 is 7.78. The van der Waals surface area contributed by atoms with Gasteiger partial charge in [0.1, 0.15) is 0 Å². The van der Waals surface area contributed by atoms with Crippen molar-refractivity contribution in [3.05, 3.63) is 28.6 Å². The fourth-order valence-corrected chi connectivity index (χ4v) is 3.68. The van der Waals surface area contributed by atoms with Gasteiger partial charge in [-0.05, 0) is 36.5 Å². The van der Waals surface area contributed by atoms with Gasteiger partial charge in [0.25, 0.3) is 5.91 Å². The van der Waals surface area contributed by atoms with Crippen LogP contribution in [0, 0.1) is 5.92 Å². The van der Waals surface area contributed by atoms with Crippen molar-refractivity contribution in [1.82, 2.24) is 4.57 Å². The molecule has 1 amide bonds. The molecule has 1 fully saturated rings. The summed E-state index contributed by atoms with van der Waals surface area (Å²) in [5.41, 5.74) is 2.26. The van der Waals surface area contributed by atoms with Crippen molar-refractivity contribution < 1.29 is 14.3 Å². The lowest BCUT2D eigenvalue weighted by Gasteiger charge is -2.07. The zero-order chi connectivity index (χ0) is 17.3. The van der Waals surface area contributed by atoms with Crippen molar-refractivity contribution in [3.63, 3.8) is 0 Å². The number of hydrogen-bond acceptors (Lipinski definition) is 4. The van der Waals surface area contributed by atoms with Crippen molar-refractivity contribution >= 4 is 33.4 Å². The maximum Gasteiger partial charge on any atom is 0.307 e. The van der Waals surface area contributed by atoms with Gasteiger partial charge in [-0.1, -0.05) is 31.3 Å². The molecule has 3 rings (SSSR count). The standard InChI is InChI=1S/C18H22N2O3S/c1-11(2)13-6-7-14-15(10-13)24-18(19-17(22)12-4-5-12)20(14)9-8-16(21)23-3/h6-7,10-12H,4-5,8-9H2,1-3H3. The lowest BCUT2D eigenvalue weighted by Crippen LogP contribution is -2.19. The molecule has 1 aliphatic carbocycles. The third-order valence-electron chi connectivity index (χ3n) is 4.27. The van der Waals surface area contributed by atoms with Gasteiger partial charge < -0.3 is 9.30 Å². The summed E-state index contributed by atoms with van der Waals surface area (Å²) >= 11 is 1.51. The second-order valence-electron chi connectivity index (χ2n) is 6.47. The molecule has 0 unspecified atom stereocenters. The van der Waals surface area contributed by atoms with E-state index in [1.165, 1.54) is 24.0 Å². The van der Waals surface area contributed by atoms with E-state index < -0.39 is 0 Å². The Kier molecular flexibility index (Phi) is 4.85. The fourth-order valence-electron chi connectivity index (χ4n) is 2.57. The van der Waals surface area contributed by atoms with E-state index in [1.54, 1.807) is 0 Å². The first-order chi connectivity index (χ1) is 11.5. The summed E-state index contributed by atoms with van der Waals surface area (Å²) in [5.74, 6) is 0.224. The Morgan fingerprint density at radius 3 is 2.75 bits per heavy atom. The number of aryl methyl sites for hydroxylation is 1. The maximum absolute atomic E-state index is 12.1. The summed E-state index contributed by atoms with van der Waals surface area (Å²) in [6.45, 7) is 4.77. The molecule has 1 aromatic carbocycles. The van der Waals surface area contributed by atoms with Gasteiger partial charge in [0.2, 0.25) is 0 Å². The Bertz CT molecular complexity index is 844. The van der Waals surface area contributed by atoms with Crippen LogP contribution in [0.15, 0.2) is 23.2 Å². The molecule has 0 radical (unpaired) electrons. The van der Waals surface area contributed by atoms with Gasteiger partial charge in [0, 0.05) is 12.5 Å². The number of esters is 1. The largest absolute Gasteiger partial charge is 0.469 e. The number of amides is 1. The summed E-state index contributed by atoms with van der Waals surface area (Å²) in [4.78, 5) is 28.6. The first-order valence-electron chi connectivity index (χ1n) is 8.28. The molecule has 24 heavy (non-hydrogen) atoms. The summed E-state index contributed by atoms with van der Waals surface area (Å²) in [5, 5.41) is 0. The van der Waals surface area contributed by atoms with E-state index in [4.69, 9.17) is 4.74 Å². The topological polar surface area (TPSA) is 60.7 Å². The number of carbonyl (C=O) groups is 2. The second kappa shape index (κ2) is 6.89. The maximum atomic E-state index is 12.1. The van der Waals surface area contributed by atoms with Gasteiger partial charge in [0.05, 0.1) is 23.7 Å². The van der Waals surface area contributed by atoms with Gasteiger partial charge in [-0.25, -0.2) is 0 Å². The zero-order valence-electron chi connectivity index (χ0n) is 14.2. The van der Waals surface area contributed by atoms with Crippen molar-refractivity contribution in [2.45, 2.75) is 45.6 Å². The number of carbonyl (C=O) groups excluding carboxylic acids is 2. The van der Waals surface area contributed by atoms with Gasteiger partial charge >= 0.3 is 5.97 Å². The molecule has 0 spiro atoms. The van der Waals surface area contributed by atoms with Crippen LogP contribution in [0.3, 0.4) is 0 Å². The quantitative estimate of drug-likeness (QED) is 0.781. The molecule has 0 N–H and O–H groups in total. The van der Waals surface area contributed by atoms with Crippen LogP contribution in [0.25, 0.3) is 10.2 Å². The normalized spacial score (nSPS) is 15.2. The Morgan fingerprint density at radius 1 is 1.38 bits per heavy atom. The number of fused-ring (bicyclic) bond motifs is 1. The van der Waals surface area contributed by atoms with E-state index >= 15 is 0 Å².